The van der Waals surface area contributed by atoms with Gasteiger partial charge in [-0.05, 0) is 48.4 Å². The molecule has 0 atom stereocenters. The number of aryl methyl sites for hydroxylation is 1. The van der Waals surface area contributed by atoms with Crippen molar-refractivity contribution in [2.45, 2.75) is 12.8 Å². The molecule has 1 heterocycles. The summed E-state index contributed by atoms with van der Waals surface area (Å²) in [5, 5.41) is 9.59. The Hall–Kier alpha value is -2.66. The molecule has 130 valence electrons. The molecule has 25 heavy (non-hydrogen) atoms. The lowest BCUT2D eigenvalue weighted by molar-refractivity contribution is -0.136. The summed E-state index contributed by atoms with van der Waals surface area (Å²) < 4.78 is 18.8. The third-order valence-corrected chi connectivity index (χ3v) is 3.83. The molecule has 0 saturated carbocycles. The quantitative estimate of drug-likeness (QED) is 0.727. The maximum absolute atomic E-state index is 13.6. The van der Waals surface area contributed by atoms with Gasteiger partial charge in [-0.2, -0.15) is 0 Å². The Bertz CT molecular complexity index is 914. The van der Waals surface area contributed by atoms with Gasteiger partial charge < -0.3 is 9.84 Å². The molecule has 0 unspecified atom stereocenters. The molecule has 0 fully saturated rings. The van der Waals surface area contributed by atoms with Crippen LogP contribution in [0.2, 0.25) is 0 Å². The number of benzene rings is 2. The second-order valence-corrected chi connectivity index (χ2v) is 5.45. The molecule has 1 aromatic heterocycles. The van der Waals surface area contributed by atoms with Crippen LogP contribution in [0.1, 0.15) is 12.0 Å². The van der Waals surface area contributed by atoms with Crippen LogP contribution in [0.5, 0.6) is 5.75 Å². The molecule has 0 saturated heterocycles. The van der Waals surface area contributed by atoms with E-state index in [4.69, 9.17) is 9.84 Å². The van der Waals surface area contributed by atoms with Gasteiger partial charge in [0.2, 0.25) is 0 Å². The number of aromatic nitrogens is 1. The van der Waals surface area contributed by atoms with Crippen LogP contribution >= 0.6 is 12.4 Å². The van der Waals surface area contributed by atoms with Gasteiger partial charge in [-0.1, -0.05) is 12.1 Å². The van der Waals surface area contributed by atoms with Crippen molar-refractivity contribution in [3.63, 3.8) is 0 Å². The largest absolute Gasteiger partial charge is 0.497 e. The summed E-state index contributed by atoms with van der Waals surface area (Å²) in [5.41, 5.74) is 2.96. The summed E-state index contributed by atoms with van der Waals surface area (Å²) in [7, 11) is 1.59. The van der Waals surface area contributed by atoms with E-state index in [-0.39, 0.29) is 24.6 Å². The lowest BCUT2D eigenvalue weighted by Gasteiger charge is -2.10. The highest BCUT2D eigenvalue weighted by Crippen LogP contribution is 2.28. The van der Waals surface area contributed by atoms with Gasteiger partial charge in [0.25, 0.3) is 0 Å². The molecule has 1 N–H and O–H groups in total. The Labute approximate surface area is 150 Å². The van der Waals surface area contributed by atoms with Gasteiger partial charge in [0, 0.05) is 17.4 Å². The lowest BCUT2D eigenvalue weighted by atomic mass is 10.0. The number of carbonyl (C=O) groups is 1. The smallest absolute Gasteiger partial charge is 0.303 e. The molecule has 3 rings (SSSR count). The third-order valence-electron chi connectivity index (χ3n) is 3.83. The number of carboxylic acids is 1. The third kappa shape index (κ3) is 4.25. The average molecular weight is 362 g/mol. The fraction of sp³-hybridized carbons (Fsp3) is 0.158. The number of ether oxygens (including phenoxy) is 1. The zero-order valence-corrected chi connectivity index (χ0v) is 14.3. The van der Waals surface area contributed by atoms with Gasteiger partial charge >= 0.3 is 5.97 Å². The topological polar surface area (TPSA) is 59.4 Å². The Balaban J connectivity index is 0.00000225. The second-order valence-electron chi connectivity index (χ2n) is 5.45. The maximum Gasteiger partial charge on any atom is 0.303 e. The predicted octanol–water partition coefficient (Wildman–Crippen LogP) is 4.49. The SMILES string of the molecule is COc1cccc(-c2cc(CCC(=O)O)c3cc(F)ccc3n2)c1.Cl. The number of methoxy groups -OCH3 is 1. The molecule has 6 heteroatoms. The number of halogens is 2. The van der Waals surface area contributed by atoms with Crippen molar-refractivity contribution < 1.29 is 19.0 Å². The van der Waals surface area contributed by atoms with Crippen molar-refractivity contribution in [3.05, 3.63) is 59.9 Å². The number of rotatable bonds is 5. The molecule has 3 aromatic rings. The van der Waals surface area contributed by atoms with Crippen LogP contribution in [-0.4, -0.2) is 23.2 Å². The normalized spacial score (nSPS) is 10.3. The van der Waals surface area contributed by atoms with Gasteiger partial charge in [-0.15, -0.1) is 12.4 Å². The number of aliphatic carboxylic acids is 1. The van der Waals surface area contributed by atoms with Gasteiger partial charge in [0.1, 0.15) is 11.6 Å². The van der Waals surface area contributed by atoms with Gasteiger partial charge in [-0.3, -0.25) is 4.79 Å². The minimum absolute atomic E-state index is 0. The highest BCUT2D eigenvalue weighted by Gasteiger charge is 2.11. The van der Waals surface area contributed by atoms with E-state index in [1.807, 2.05) is 30.3 Å². The number of fused-ring (bicyclic) bond motifs is 1. The van der Waals surface area contributed by atoms with Crippen LogP contribution in [-0.2, 0) is 11.2 Å². The van der Waals surface area contributed by atoms with E-state index in [0.29, 0.717) is 28.8 Å². The highest BCUT2D eigenvalue weighted by molar-refractivity contribution is 5.86. The zero-order chi connectivity index (χ0) is 17.1. The Morgan fingerprint density at radius 1 is 1.20 bits per heavy atom. The lowest BCUT2D eigenvalue weighted by Crippen LogP contribution is -2.00. The van der Waals surface area contributed by atoms with Crippen LogP contribution in [0.15, 0.2) is 48.5 Å². The molecule has 0 bridgehead atoms. The molecule has 0 spiro atoms. The number of hydrogen-bond acceptors (Lipinski definition) is 3. The van der Waals surface area contributed by atoms with E-state index in [1.54, 1.807) is 13.2 Å². The summed E-state index contributed by atoms with van der Waals surface area (Å²) in [6, 6.07) is 13.6. The first-order valence-corrected chi connectivity index (χ1v) is 7.52. The number of carboxylic acid groups (broad SMARTS) is 1. The monoisotopic (exact) mass is 361 g/mol. The first kappa shape index (κ1) is 18.7. The molecule has 0 amide bonds. The fourth-order valence-corrected chi connectivity index (χ4v) is 2.65. The van der Waals surface area contributed by atoms with Gasteiger partial charge in [0.05, 0.1) is 18.3 Å². The van der Waals surface area contributed by atoms with Crippen molar-refractivity contribution >= 4 is 29.3 Å². The van der Waals surface area contributed by atoms with E-state index in [2.05, 4.69) is 4.98 Å². The first-order chi connectivity index (χ1) is 11.6. The molecule has 0 aliphatic heterocycles. The van der Waals surface area contributed by atoms with Crippen molar-refractivity contribution in [1.82, 2.24) is 4.98 Å². The van der Waals surface area contributed by atoms with E-state index >= 15 is 0 Å². The van der Waals surface area contributed by atoms with Crippen molar-refractivity contribution in [2.24, 2.45) is 0 Å². The molecule has 2 aromatic carbocycles. The molecular weight excluding hydrogens is 345 g/mol. The van der Waals surface area contributed by atoms with Crippen LogP contribution in [0.25, 0.3) is 22.2 Å². The zero-order valence-electron chi connectivity index (χ0n) is 13.5. The van der Waals surface area contributed by atoms with E-state index < -0.39 is 5.97 Å². The van der Waals surface area contributed by atoms with Gasteiger partial charge in [-0.25, -0.2) is 9.37 Å². The van der Waals surface area contributed by atoms with Gasteiger partial charge in [0.15, 0.2) is 0 Å². The van der Waals surface area contributed by atoms with E-state index in [1.165, 1.54) is 12.1 Å². The Kier molecular flexibility index (Phi) is 5.93. The second kappa shape index (κ2) is 7.94. The fourth-order valence-electron chi connectivity index (χ4n) is 2.65. The summed E-state index contributed by atoms with van der Waals surface area (Å²) in [5.74, 6) is -0.546. The number of pyridine rings is 1. The Morgan fingerprint density at radius 3 is 2.72 bits per heavy atom. The van der Waals surface area contributed by atoms with E-state index in [0.717, 1.165) is 11.1 Å². The summed E-state index contributed by atoms with van der Waals surface area (Å²) in [4.78, 5) is 15.5. The minimum Gasteiger partial charge on any atom is -0.497 e. The van der Waals surface area contributed by atoms with E-state index in [9.17, 15) is 9.18 Å². The minimum atomic E-state index is -0.890. The molecule has 4 nitrogen and oxygen atoms in total. The van der Waals surface area contributed by atoms with Crippen LogP contribution in [0.4, 0.5) is 4.39 Å². The number of nitrogens with zero attached hydrogens (tertiary/aromatic N) is 1. The summed E-state index contributed by atoms with van der Waals surface area (Å²) in [6.45, 7) is 0. The van der Waals surface area contributed by atoms with Crippen LogP contribution in [0.3, 0.4) is 0 Å². The molecule has 0 aliphatic carbocycles. The first-order valence-electron chi connectivity index (χ1n) is 7.52. The standard InChI is InChI=1S/C19H16FNO3.ClH/c1-24-15-4-2-3-13(9-15)18-10-12(5-8-19(22)23)16-11-14(20)6-7-17(16)21-18;/h2-4,6-7,9-11H,5,8H2,1H3,(H,22,23);1H. The number of hydrogen-bond donors (Lipinski definition) is 1. The highest BCUT2D eigenvalue weighted by atomic mass is 35.5. The Morgan fingerprint density at radius 2 is 2.00 bits per heavy atom. The molecule has 0 aliphatic rings. The van der Waals surface area contributed by atoms with Crippen molar-refractivity contribution in [2.75, 3.05) is 7.11 Å². The predicted molar refractivity (Wildman–Crippen MR) is 96.9 cm³/mol. The van der Waals surface area contributed by atoms with Crippen LogP contribution in [0, 0.1) is 5.82 Å². The maximum atomic E-state index is 13.6. The summed E-state index contributed by atoms with van der Waals surface area (Å²) >= 11 is 0. The molecular formula is C19H17ClFNO3. The summed E-state index contributed by atoms with van der Waals surface area (Å²) in [6.07, 6.45) is 0.294. The molecule has 0 radical (unpaired) electrons. The van der Waals surface area contributed by atoms with Crippen LogP contribution < -0.4 is 4.74 Å². The average Bonchev–Trinajstić information content (AvgIpc) is 2.59. The van der Waals surface area contributed by atoms with Crippen molar-refractivity contribution in [1.29, 1.82) is 0 Å². The van der Waals surface area contributed by atoms with Crippen molar-refractivity contribution in [3.8, 4) is 17.0 Å².